The summed E-state index contributed by atoms with van der Waals surface area (Å²) in [4.78, 5) is 25.7. The second-order valence-corrected chi connectivity index (χ2v) is 6.76. The van der Waals surface area contributed by atoms with Gasteiger partial charge < -0.3 is 9.32 Å². The number of benzene rings is 2. The maximum Gasteiger partial charge on any atom is 0.419 e. The van der Waals surface area contributed by atoms with Gasteiger partial charge in [-0.15, -0.1) is 0 Å². The van der Waals surface area contributed by atoms with Gasteiger partial charge in [0.25, 0.3) is 0 Å². The Bertz CT molecular complexity index is 1050. The number of carbonyl (C=O) groups is 1. The first kappa shape index (κ1) is 20.0. The molecule has 0 saturated carbocycles. The fourth-order valence-electron chi connectivity index (χ4n) is 2.81. The van der Waals surface area contributed by atoms with Crippen molar-refractivity contribution in [2.45, 2.75) is 25.7 Å². The molecule has 28 heavy (non-hydrogen) atoms. The van der Waals surface area contributed by atoms with E-state index in [4.69, 9.17) is 16.0 Å². The summed E-state index contributed by atoms with van der Waals surface area (Å²) < 4.78 is 44.3. The molecule has 0 N–H and O–H groups in total. The fraction of sp³-hybridized carbons (Fsp3) is 0.263. The zero-order chi connectivity index (χ0) is 20.5. The number of nitrogens with zero attached hydrogens (tertiary/aromatic N) is 2. The first-order valence-corrected chi connectivity index (χ1v) is 8.72. The third-order valence-electron chi connectivity index (χ3n) is 4.31. The summed E-state index contributed by atoms with van der Waals surface area (Å²) in [5, 5.41) is 0.431. The van der Waals surface area contributed by atoms with Crippen LogP contribution in [0.2, 0.25) is 5.02 Å². The minimum absolute atomic E-state index is 0.0360. The number of halogens is 4. The van der Waals surface area contributed by atoms with E-state index in [0.717, 1.165) is 12.1 Å². The standard InChI is InChI=1S/C19H16ClF3N2O3/c1-24(11-12-2-4-13(5-3-12)19(21,22)23)17(26)8-9-25-15-7-6-14(20)10-16(15)28-18(25)27/h2-7,10H,8-9,11H2,1H3. The Hall–Kier alpha value is -2.74. The highest BCUT2D eigenvalue weighted by Crippen LogP contribution is 2.29. The van der Waals surface area contributed by atoms with Gasteiger partial charge in [0.05, 0.1) is 11.1 Å². The normalized spacial score (nSPS) is 11.8. The molecule has 0 atom stereocenters. The van der Waals surface area contributed by atoms with Gasteiger partial charge in [-0.1, -0.05) is 23.7 Å². The zero-order valence-corrected chi connectivity index (χ0v) is 15.5. The molecule has 1 heterocycles. The molecule has 148 valence electrons. The summed E-state index contributed by atoms with van der Waals surface area (Å²) in [6.45, 7) is 0.275. The van der Waals surface area contributed by atoms with Gasteiger partial charge >= 0.3 is 11.9 Å². The summed E-state index contributed by atoms with van der Waals surface area (Å²) >= 11 is 5.87. The van der Waals surface area contributed by atoms with Crippen LogP contribution < -0.4 is 5.76 Å². The van der Waals surface area contributed by atoms with Gasteiger partial charge in [0.2, 0.25) is 5.91 Å². The number of alkyl halides is 3. The van der Waals surface area contributed by atoms with E-state index in [1.54, 1.807) is 19.2 Å². The number of hydrogen-bond donors (Lipinski definition) is 0. The van der Waals surface area contributed by atoms with Crippen molar-refractivity contribution in [2.75, 3.05) is 7.05 Å². The largest absolute Gasteiger partial charge is 0.419 e. The predicted molar refractivity (Wildman–Crippen MR) is 98.0 cm³/mol. The van der Waals surface area contributed by atoms with Crippen LogP contribution in [0, 0.1) is 0 Å². The van der Waals surface area contributed by atoms with Crippen molar-refractivity contribution in [3.05, 3.63) is 69.2 Å². The van der Waals surface area contributed by atoms with E-state index >= 15 is 0 Å². The monoisotopic (exact) mass is 412 g/mol. The number of oxazole rings is 1. The number of fused-ring (bicyclic) bond motifs is 1. The van der Waals surface area contributed by atoms with Gasteiger partial charge in [-0.2, -0.15) is 13.2 Å². The lowest BCUT2D eigenvalue weighted by molar-refractivity contribution is -0.137. The van der Waals surface area contributed by atoms with Crippen molar-refractivity contribution >= 4 is 28.6 Å². The summed E-state index contributed by atoms with van der Waals surface area (Å²) in [7, 11) is 1.55. The van der Waals surface area contributed by atoms with E-state index in [0.29, 0.717) is 21.7 Å². The van der Waals surface area contributed by atoms with Crippen LogP contribution in [0.15, 0.2) is 51.7 Å². The minimum Gasteiger partial charge on any atom is -0.408 e. The highest BCUT2D eigenvalue weighted by molar-refractivity contribution is 6.31. The van der Waals surface area contributed by atoms with Crippen LogP contribution in [-0.4, -0.2) is 22.4 Å². The molecule has 0 spiro atoms. The Morgan fingerprint density at radius 1 is 1.18 bits per heavy atom. The number of carbonyl (C=O) groups excluding carboxylic acids is 1. The molecule has 3 aromatic rings. The first-order chi connectivity index (χ1) is 13.1. The molecule has 0 bridgehead atoms. The number of amides is 1. The van der Waals surface area contributed by atoms with Crippen LogP contribution >= 0.6 is 11.6 Å². The van der Waals surface area contributed by atoms with Crippen LogP contribution in [0.25, 0.3) is 11.1 Å². The fourth-order valence-corrected chi connectivity index (χ4v) is 2.97. The molecule has 0 fully saturated rings. The number of rotatable bonds is 5. The molecular weight excluding hydrogens is 397 g/mol. The van der Waals surface area contributed by atoms with E-state index in [-0.39, 0.29) is 25.4 Å². The van der Waals surface area contributed by atoms with Crippen molar-refractivity contribution < 1.29 is 22.4 Å². The molecule has 0 unspecified atom stereocenters. The van der Waals surface area contributed by atoms with Gasteiger partial charge in [0.15, 0.2) is 5.58 Å². The zero-order valence-electron chi connectivity index (χ0n) is 14.8. The van der Waals surface area contributed by atoms with Crippen LogP contribution in [0.1, 0.15) is 17.5 Å². The third-order valence-corrected chi connectivity index (χ3v) is 4.54. The lowest BCUT2D eigenvalue weighted by atomic mass is 10.1. The number of aryl methyl sites for hydroxylation is 1. The molecule has 9 heteroatoms. The Balaban J connectivity index is 1.64. The highest BCUT2D eigenvalue weighted by atomic mass is 35.5. The van der Waals surface area contributed by atoms with E-state index in [9.17, 15) is 22.8 Å². The molecule has 0 aliphatic rings. The summed E-state index contributed by atoms with van der Waals surface area (Å²) in [6, 6.07) is 9.42. The lowest BCUT2D eigenvalue weighted by Crippen LogP contribution is -2.28. The summed E-state index contributed by atoms with van der Waals surface area (Å²) in [6.07, 6.45) is -4.36. The Morgan fingerprint density at radius 2 is 1.86 bits per heavy atom. The smallest absolute Gasteiger partial charge is 0.408 e. The quantitative estimate of drug-likeness (QED) is 0.627. The number of hydrogen-bond acceptors (Lipinski definition) is 3. The molecule has 5 nitrogen and oxygen atoms in total. The van der Waals surface area contributed by atoms with Crippen molar-refractivity contribution in [3.8, 4) is 0 Å². The molecule has 2 aromatic carbocycles. The Morgan fingerprint density at radius 3 is 2.50 bits per heavy atom. The van der Waals surface area contributed by atoms with Crippen LogP contribution in [0.4, 0.5) is 13.2 Å². The third kappa shape index (κ3) is 4.39. The van der Waals surface area contributed by atoms with Crippen LogP contribution in [-0.2, 0) is 24.1 Å². The maximum absolute atomic E-state index is 12.6. The average Bonchev–Trinajstić information content (AvgIpc) is 2.93. The van der Waals surface area contributed by atoms with Gasteiger partial charge in [-0.05, 0) is 29.8 Å². The SMILES string of the molecule is CN(Cc1ccc(C(F)(F)F)cc1)C(=O)CCn1c(=O)oc2cc(Cl)ccc21. The molecule has 0 aliphatic heterocycles. The minimum atomic E-state index is -4.40. The van der Waals surface area contributed by atoms with Gasteiger partial charge in [0.1, 0.15) is 0 Å². The summed E-state index contributed by atoms with van der Waals surface area (Å²) in [5.41, 5.74) is 0.705. The summed E-state index contributed by atoms with van der Waals surface area (Å²) in [5.74, 6) is -0.842. The Kier molecular flexibility index (Phi) is 5.51. The van der Waals surface area contributed by atoms with E-state index in [2.05, 4.69) is 0 Å². The highest BCUT2D eigenvalue weighted by Gasteiger charge is 2.30. The van der Waals surface area contributed by atoms with Crippen LogP contribution in [0.5, 0.6) is 0 Å². The van der Waals surface area contributed by atoms with Crippen LogP contribution in [0.3, 0.4) is 0 Å². The second-order valence-electron chi connectivity index (χ2n) is 6.33. The van der Waals surface area contributed by atoms with Gasteiger partial charge in [-0.25, -0.2) is 4.79 Å². The molecule has 1 aromatic heterocycles. The van der Waals surface area contributed by atoms with E-state index < -0.39 is 17.5 Å². The lowest BCUT2D eigenvalue weighted by Gasteiger charge is -2.18. The Labute approximate surface area is 162 Å². The molecule has 0 radical (unpaired) electrons. The van der Waals surface area contributed by atoms with Crippen molar-refractivity contribution in [2.24, 2.45) is 0 Å². The molecule has 3 rings (SSSR count). The van der Waals surface area contributed by atoms with Crippen molar-refractivity contribution in [1.82, 2.24) is 9.47 Å². The first-order valence-electron chi connectivity index (χ1n) is 8.34. The van der Waals surface area contributed by atoms with Crippen molar-refractivity contribution in [1.29, 1.82) is 0 Å². The topological polar surface area (TPSA) is 55.5 Å². The maximum atomic E-state index is 12.6. The molecule has 0 saturated heterocycles. The number of aromatic nitrogens is 1. The van der Waals surface area contributed by atoms with Gasteiger partial charge in [0, 0.05) is 37.6 Å². The average molecular weight is 413 g/mol. The predicted octanol–water partition coefficient (Wildman–Crippen LogP) is 4.32. The van der Waals surface area contributed by atoms with E-state index in [1.807, 2.05) is 0 Å². The molecule has 0 aliphatic carbocycles. The second kappa shape index (κ2) is 7.71. The van der Waals surface area contributed by atoms with E-state index in [1.165, 1.54) is 27.7 Å². The van der Waals surface area contributed by atoms with Gasteiger partial charge in [-0.3, -0.25) is 9.36 Å². The molecular formula is C19H16ClF3N2O3. The molecule has 1 amide bonds. The van der Waals surface area contributed by atoms with Crippen molar-refractivity contribution in [3.63, 3.8) is 0 Å².